The van der Waals surface area contributed by atoms with Gasteiger partial charge in [0.05, 0.1) is 6.42 Å². The first kappa shape index (κ1) is 15.2. The number of nitrogens with one attached hydrogen (secondary N) is 1. The number of rotatable bonds is 6. The van der Waals surface area contributed by atoms with Gasteiger partial charge >= 0.3 is 0 Å². The molecule has 0 aromatic carbocycles. The van der Waals surface area contributed by atoms with E-state index in [-0.39, 0.29) is 30.2 Å². The van der Waals surface area contributed by atoms with Crippen molar-refractivity contribution in [2.24, 2.45) is 0 Å². The number of nitrogens with zero attached hydrogens (tertiary/aromatic N) is 1. The molecule has 5 nitrogen and oxygen atoms in total. The number of hydrogen-bond acceptors (Lipinski definition) is 4. The van der Waals surface area contributed by atoms with Gasteiger partial charge in [-0.1, -0.05) is 0 Å². The summed E-state index contributed by atoms with van der Waals surface area (Å²) in [5.74, 6) is -0.590. The van der Waals surface area contributed by atoms with Crippen LogP contribution in [0.3, 0.4) is 0 Å². The highest BCUT2D eigenvalue weighted by Crippen LogP contribution is 2.31. The lowest BCUT2D eigenvalue weighted by molar-refractivity contribution is -0.139. The Morgan fingerprint density at radius 2 is 2.14 bits per heavy atom. The van der Waals surface area contributed by atoms with Gasteiger partial charge in [-0.2, -0.15) is 0 Å². The molecule has 1 aromatic rings. The highest BCUT2D eigenvalue weighted by Gasteiger charge is 2.44. The molecule has 3 amide bonds. The molecule has 1 N–H and O–H groups in total. The first-order valence-electron chi connectivity index (χ1n) is 7.75. The standard InChI is InChI=1S/C16H20N2O3S/c1-10-5-8-12(22-10)3-2-4-15(20)18(11-6-7-11)13-9-14(19)17-16(13)21/h5,8,11,13H,2-4,6-7,9H2,1H3,(H,17,19,21)/t13-/m1/s1. The van der Waals surface area contributed by atoms with Crippen LogP contribution >= 0.6 is 11.3 Å². The van der Waals surface area contributed by atoms with E-state index in [1.54, 1.807) is 16.2 Å². The van der Waals surface area contributed by atoms with Gasteiger partial charge in [0.15, 0.2) is 0 Å². The molecular weight excluding hydrogens is 300 g/mol. The summed E-state index contributed by atoms with van der Waals surface area (Å²) in [6.45, 7) is 2.07. The Balaban J connectivity index is 1.56. The minimum absolute atomic E-state index is 0.00521. The molecule has 118 valence electrons. The second-order valence-electron chi connectivity index (χ2n) is 6.03. The number of amides is 3. The van der Waals surface area contributed by atoms with Crippen molar-refractivity contribution in [3.05, 3.63) is 21.9 Å². The SMILES string of the molecule is Cc1ccc(CCCC(=O)N(C2CC2)[C@@H]2CC(=O)NC2=O)s1. The fraction of sp³-hybridized carbons (Fsp3) is 0.562. The zero-order valence-electron chi connectivity index (χ0n) is 12.6. The number of aryl methyl sites for hydroxylation is 2. The van der Waals surface area contributed by atoms with Crippen molar-refractivity contribution in [1.29, 1.82) is 0 Å². The highest BCUT2D eigenvalue weighted by molar-refractivity contribution is 7.11. The van der Waals surface area contributed by atoms with Gasteiger partial charge in [-0.25, -0.2) is 0 Å². The van der Waals surface area contributed by atoms with Gasteiger partial charge in [0.2, 0.25) is 17.7 Å². The summed E-state index contributed by atoms with van der Waals surface area (Å²) in [7, 11) is 0. The smallest absolute Gasteiger partial charge is 0.249 e. The predicted molar refractivity (Wildman–Crippen MR) is 83.4 cm³/mol. The summed E-state index contributed by atoms with van der Waals surface area (Å²) in [5, 5.41) is 2.30. The Hall–Kier alpha value is -1.69. The van der Waals surface area contributed by atoms with Crippen LogP contribution in [0.2, 0.25) is 0 Å². The van der Waals surface area contributed by atoms with Crippen LogP contribution in [0.15, 0.2) is 12.1 Å². The van der Waals surface area contributed by atoms with Crippen molar-refractivity contribution in [3.63, 3.8) is 0 Å². The summed E-state index contributed by atoms with van der Waals surface area (Å²) in [6.07, 6.45) is 4.10. The Kier molecular flexibility index (Phi) is 4.29. The molecule has 6 heteroatoms. The lowest BCUT2D eigenvalue weighted by Gasteiger charge is -2.26. The van der Waals surface area contributed by atoms with Gasteiger partial charge in [0.25, 0.3) is 0 Å². The molecule has 1 aliphatic carbocycles. The van der Waals surface area contributed by atoms with E-state index in [0.717, 1.165) is 25.7 Å². The average Bonchev–Trinajstić information content (AvgIpc) is 3.11. The lowest BCUT2D eigenvalue weighted by Crippen LogP contribution is -2.45. The van der Waals surface area contributed by atoms with Crippen LogP contribution in [0.5, 0.6) is 0 Å². The molecule has 1 aromatic heterocycles. The van der Waals surface area contributed by atoms with E-state index in [1.165, 1.54) is 9.75 Å². The topological polar surface area (TPSA) is 66.5 Å². The Labute approximate surface area is 133 Å². The van der Waals surface area contributed by atoms with Crippen molar-refractivity contribution >= 4 is 29.1 Å². The summed E-state index contributed by atoms with van der Waals surface area (Å²) < 4.78 is 0. The first-order chi connectivity index (χ1) is 10.5. The normalized spacial score (nSPS) is 21.0. The Morgan fingerprint density at radius 3 is 2.68 bits per heavy atom. The molecule has 1 saturated heterocycles. The number of thiophene rings is 1. The molecule has 2 fully saturated rings. The van der Waals surface area contributed by atoms with E-state index in [9.17, 15) is 14.4 Å². The number of imide groups is 1. The molecule has 0 radical (unpaired) electrons. The molecule has 1 saturated carbocycles. The van der Waals surface area contributed by atoms with Crippen LogP contribution in [0.25, 0.3) is 0 Å². The monoisotopic (exact) mass is 320 g/mol. The Bertz CT molecular complexity index is 606. The predicted octanol–water partition coefficient (Wildman–Crippen LogP) is 1.79. The van der Waals surface area contributed by atoms with E-state index in [0.29, 0.717) is 6.42 Å². The van der Waals surface area contributed by atoms with E-state index in [2.05, 4.69) is 24.4 Å². The zero-order chi connectivity index (χ0) is 15.7. The van der Waals surface area contributed by atoms with E-state index in [1.807, 2.05) is 0 Å². The van der Waals surface area contributed by atoms with Gasteiger partial charge in [-0.15, -0.1) is 11.3 Å². The van der Waals surface area contributed by atoms with Gasteiger partial charge < -0.3 is 4.90 Å². The summed E-state index contributed by atoms with van der Waals surface area (Å²) in [6, 6.07) is 3.76. The van der Waals surface area contributed by atoms with Crippen LogP contribution < -0.4 is 5.32 Å². The van der Waals surface area contributed by atoms with Crippen molar-refractivity contribution < 1.29 is 14.4 Å². The third-order valence-corrected chi connectivity index (χ3v) is 5.18. The third-order valence-electron chi connectivity index (χ3n) is 4.12. The van der Waals surface area contributed by atoms with Gasteiger partial charge in [0.1, 0.15) is 6.04 Å². The van der Waals surface area contributed by atoms with Crippen LogP contribution in [0.4, 0.5) is 0 Å². The maximum Gasteiger partial charge on any atom is 0.249 e. The van der Waals surface area contributed by atoms with Crippen LogP contribution in [-0.2, 0) is 20.8 Å². The summed E-state index contributed by atoms with van der Waals surface area (Å²) in [4.78, 5) is 39.9. The van der Waals surface area contributed by atoms with E-state index in [4.69, 9.17) is 0 Å². The van der Waals surface area contributed by atoms with Crippen molar-refractivity contribution in [2.75, 3.05) is 0 Å². The minimum atomic E-state index is -0.587. The highest BCUT2D eigenvalue weighted by atomic mass is 32.1. The minimum Gasteiger partial charge on any atom is -0.327 e. The fourth-order valence-corrected chi connectivity index (χ4v) is 3.84. The number of carbonyl (C=O) groups excluding carboxylic acids is 3. The van der Waals surface area contributed by atoms with Crippen LogP contribution in [-0.4, -0.2) is 34.7 Å². The maximum absolute atomic E-state index is 12.5. The van der Waals surface area contributed by atoms with Gasteiger partial charge in [-0.3, -0.25) is 19.7 Å². The van der Waals surface area contributed by atoms with Gasteiger partial charge in [-0.05, 0) is 44.7 Å². The molecule has 2 heterocycles. The summed E-state index contributed by atoms with van der Waals surface area (Å²) in [5.41, 5.74) is 0. The first-order valence-corrected chi connectivity index (χ1v) is 8.56. The van der Waals surface area contributed by atoms with E-state index < -0.39 is 6.04 Å². The molecule has 0 spiro atoms. The van der Waals surface area contributed by atoms with E-state index >= 15 is 0 Å². The molecule has 0 unspecified atom stereocenters. The molecule has 3 rings (SSSR count). The van der Waals surface area contributed by atoms with Crippen molar-refractivity contribution in [1.82, 2.24) is 10.2 Å². The van der Waals surface area contributed by atoms with Crippen LogP contribution in [0.1, 0.15) is 41.9 Å². The van der Waals surface area contributed by atoms with Gasteiger partial charge in [0, 0.05) is 22.2 Å². The average molecular weight is 320 g/mol. The molecule has 2 aliphatic rings. The fourth-order valence-electron chi connectivity index (χ4n) is 2.91. The number of carbonyl (C=O) groups is 3. The summed E-state index contributed by atoms with van der Waals surface area (Å²) >= 11 is 1.76. The molecule has 1 atom stereocenters. The quantitative estimate of drug-likeness (QED) is 0.813. The molecule has 1 aliphatic heterocycles. The largest absolute Gasteiger partial charge is 0.327 e. The zero-order valence-corrected chi connectivity index (χ0v) is 13.4. The van der Waals surface area contributed by atoms with Crippen molar-refractivity contribution in [2.45, 2.75) is 57.5 Å². The maximum atomic E-state index is 12.5. The lowest BCUT2D eigenvalue weighted by atomic mass is 10.1. The molecule has 0 bridgehead atoms. The third kappa shape index (κ3) is 3.38. The Morgan fingerprint density at radius 1 is 1.36 bits per heavy atom. The second-order valence-corrected chi connectivity index (χ2v) is 7.40. The number of hydrogen-bond donors (Lipinski definition) is 1. The molecular formula is C16H20N2O3S. The van der Waals surface area contributed by atoms with Crippen LogP contribution in [0, 0.1) is 6.92 Å². The molecule has 22 heavy (non-hydrogen) atoms. The van der Waals surface area contributed by atoms with Crippen molar-refractivity contribution in [3.8, 4) is 0 Å². The second kappa shape index (κ2) is 6.20.